The molecule has 0 spiro atoms. The molecule has 1 aliphatic rings. The summed E-state index contributed by atoms with van der Waals surface area (Å²) in [5.41, 5.74) is 1.52. The van der Waals surface area contributed by atoms with Crippen LogP contribution < -0.4 is 5.32 Å². The number of benzene rings is 1. The molecule has 2 heteroatoms. The second kappa shape index (κ2) is 5.64. The SMILES string of the molecule is CCNC(c1cccc2ccsc12)C1CCCC1C. The maximum absolute atomic E-state index is 3.76. The summed E-state index contributed by atoms with van der Waals surface area (Å²) in [5, 5.41) is 7.38. The zero-order chi connectivity index (χ0) is 13.2. The molecular formula is C17H23NS. The minimum Gasteiger partial charge on any atom is -0.310 e. The summed E-state index contributed by atoms with van der Waals surface area (Å²) in [4.78, 5) is 0. The van der Waals surface area contributed by atoms with Crippen LogP contribution in [0, 0.1) is 11.8 Å². The standard InChI is InChI=1S/C17H23NS/c1-3-18-16(14-8-4-6-12(14)2)15-9-5-7-13-10-11-19-17(13)15/h5,7,9-12,14,16,18H,3-4,6,8H2,1-2H3. The Bertz CT molecular complexity index is 545. The third kappa shape index (κ3) is 2.44. The number of rotatable bonds is 4. The highest BCUT2D eigenvalue weighted by molar-refractivity contribution is 7.17. The first-order valence-corrected chi connectivity index (χ1v) is 8.38. The van der Waals surface area contributed by atoms with Crippen LogP contribution >= 0.6 is 11.3 Å². The summed E-state index contributed by atoms with van der Waals surface area (Å²) >= 11 is 1.89. The van der Waals surface area contributed by atoms with E-state index in [1.54, 1.807) is 0 Å². The van der Waals surface area contributed by atoms with Gasteiger partial charge in [-0.1, -0.05) is 44.9 Å². The van der Waals surface area contributed by atoms with Crippen LogP contribution in [0.1, 0.15) is 44.7 Å². The molecule has 1 aromatic carbocycles. The van der Waals surface area contributed by atoms with E-state index in [0.29, 0.717) is 6.04 Å². The maximum atomic E-state index is 3.76. The molecule has 1 aromatic heterocycles. The van der Waals surface area contributed by atoms with Gasteiger partial charge in [0.15, 0.2) is 0 Å². The van der Waals surface area contributed by atoms with Gasteiger partial charge >= 0.3 is 0 Å². The summed E-state index contributed by atoms with van der Waals surface area (Å²) in [6.07, 6.45) is 4.17. The Labute approximate surface area is 120 Å². The summed E-state index contributed by atoms with van der Waals surface area (Å²) in [6.45, 7) is 5.70. The molecule has 3 rings (SSSR count). The fraction of sp³-hybridized carbons (Fsp3) is 0.529. The van der Waals surface area contributed by atoms with Gasteiger partial charge in [-0.15, -0.1) is 11.3 Å². The van der Waals surface area contributed by atoms with Crippen molar-refractivity contribution in [3.63, 3.8) is 0 Å². The predicted molar refractivity (Wildman–Crippen MR) is 84.7 cm³/mol. The van der Waals surface area contributed by atoms with Crippen molar-refractivity contribution >= 4 is 21.4 Å². The smallest absolute Gasteiger partial charge is 0.0390 e. The average Bonchev–Trinajstić information content (AvgIpc) is 3.04. The second-order valence-corrected chi connectivity index (χ2v) is 6.71. The van der Waals surface area contributed by atoms with E-state index in [4.69, 9.17) is 0 Å². The molecular weight excluding hydrogens is 250 g/mol. The average molecular weight is 273 g/mol. The molecule has 0 bridgehead atoms. The Balaban J connectivity index is 2.01. The van der Waals surface area contributed by atoms with Gasteiger partial charge in [0.25, 0.3) is 0 Å². The molecule has 1 nitrogen and oxygen atoms in total. The lowest BCUT2D eigenvalue weighted by atomic mass is 9.85. The van der Waals surface area contributed by atoms with Gasteiger partial charge in [0, 0.05) is 10.7 Å². The molecule has 0 amide bonds. The van der Waals surface area contributed by atoms with Crippen molar-refractivity contribution in [1.29, 1.82) is 0 Å². The van der Waals surface area contributed by atoms with Crippen molar-refractivity contribution in [2.75, 3.05) is 6.54 Å². The van der Waals surface area contributed by atoms with Gasteiger partial charge in [-0.25, -0.2) is 0 Å². The van der Waals surface area contributed by atoms with Crippen LogP contribution in [0.3, 0.4) is 0 Å². The van der Waals surface area contributed by atoms with Gasteiger partial charge in [-0.05, 0) is 47.2 Å². The monoisotopic (exact) mass is 273 g/mol. The molecule has 1 fully saturated rings. The molecule has 3 unspecified atom stereocenters. The van der Waals surface area contributed by atoms with Gasteiger partial charge < -0.3 is 5.32 Å². The summed E-state index contributed by atoms with van der Waals surface area (Å²) in [7, 11) is 0. The van der Waals surface area contributed by atoms with Crippen LogP contribution in [-0.2, 0) is 0 Å². The highest BCUT2D eigenvalue weighted by atomic mass is 32.1. The van der Waals surface area contributed by atoms with Crippen molar-refractivity contribution in [3.8, 4) is 0 Å². The van der Waals surface area contributed by atoms with Crippen LogP contribution in [0.5, 0.6) is 0 Å². The zero-order valence-electron chi connectivity index (χ0n) is 11.9. The van der Waals surface area contributed by atoms with E-state index in [1.165, 1.54) is 34.9 Å². The first-order chi connectivity index (χ1) is 9.31. The van der Waals surface area contributed by atoms with E-state index in [2.05, 4.69) is 48.8 Å². The molecule has 1 aliphatic carbocycles. The summed E-state index contributed by atoms with van der Waals surface area (Å²) in [5.74, 6) is 1.65. The van der Waals surface area contributed by atoms with E-state index in [0.717, 1.165) is 18.4 Å². The number of hydrogen-bond acceptors (Lipinski definition) is 2. The van der Waals surface area contributed by atoms with Gasteiger partial charge in [-0.2, -0.15) is 0 Å². The van der Waals surface area contributed by atoms with Crippen LogP contribution in [0.15, 0.2) is 29.6 Å². The van der Waals surface area contributed by atoms with Crippen molar-refractivity contribution in [3.05, 3.63) is 35.2 Å². The molecule has 1 N–H and O–H groups in total. The second-order valence-electron chi connectivity index (χ2n) is 5.79. The number of nitrogens with one attached hydrogen (secondary N) is 1. The Morgan fingerprint density at radius 3 is 2.95 bits per heavy atom. The lowest BCUT2D eigenvalue weighted by Gasteiger charge is -2.28. The van der Waals surface area contributed by atoms with E-state index in [1.807, 2.05) is 11.3 Å². The quantitative estimate of drug-likeness (QED) is 0.827. The van der Waals surface area contributed by atoms with Gasteiger partial charge in [0.2, 0.25) is 0 Å². The van der Waals surface area contributed by atoms with Crippen LogP contribution in [0.25, 0.3) is 10.1 Å². The molecule has 0 saturated heterocycles. The highest BCUT2D eigenvalue weighted by Gasteiger charge is 2.32. The summed E-state index contributed by atoms with van der Waals surface area (Å²) in [6, 6.07) is 9.55. The Morgan fingerprint density at radius 1 is 1.32 bits per heavy atom. The van der Waals surface area contributed by atoms with Crippen LogP contribution in [0.4, 0.5) is 0 Å². The normalized spacial score (nSPS) is 24.9. The van der Waals surface area contributed by atoms with Crippen LogP contribution in [0.2, 0.25) is 0 Å². The number of hydrogen-bond donors (Lipinski definition) is 1. The minimum atomic E-state index is 0.532. The van der Waals surface area contributed by atoms with Gasteiger partial charge in [0.05, 0.1) is 0 Å². The lowest BCUT2D eigenvalue weighted by Crippen LogP contribution is -2.29. The molecule has 3 atom stereocenters. The molecule has 0 radical (unpaired) electrons. The van der Waals surface area contributed by atoms with E-state index < -0.39 is 0 Å². The predicted octanol–water partition coefficient (Wildman–Crippen LogP) is 4.99. The largest absolute Gasteiger partial charge is 0.310 e. The van der Waals surface area contributed by atoms with E-state index in [9.17, 15) is 0 Å². The first-order valence-electron chi connectivity index (χ1n) is 7.50. The Hall–Kier alpha value is -0.860. The highest BCUT2D eigenvalue weighted by Crippen LogP contribution is 2.42. The molecule has 0 aliphatic heterocycles. The van der Waals surface area contributed by atoms with Crippen molar-refractivity contribution < 1.29 is 0 Å². The number of thiophene rings is 1. The number of fused-ring (bicyclic) bond motifs is 1. The van der Waals surface area contributed by atoms with Gasteiger partial charge in [0.1, 0.15) is 0 Å². The van der Waals surface area contributed by atoms with E-state index in [-0.39, 0.29) is 0 Å². The molecule has 2 aromatic rings. The molecule has 102 valence electrons. The van der Waals surface area contributed by atoms with Crippen molar-refractivity contribution in [2.24, 2.45) is 11.8 Å². The minimum absolute atomic E-state index is 0.532. The Morgan fingerprint density at radius 2 is 2.21 bits per heavy atom. The molecule has 1 heterocycles. The first kappa shape index (κ1) is 13.1. The molecule has 1 saturated carbocycles. The Kier molecular flexibility index (Phi) is 3.90. The van der Waals surface area contributed by atoms with Crippen molar-refractivity contribution in [1.82, 2.24) is 5.32 Å². The fourth-order valence-electron chi connectivity index (χ4n) is 3.64. The zero-order valence-corrected chi connectivity index (χ0v) is 12.7. The third-order valence-corrected chi connectivity index (χ3v) is 5.60. The van der Waals surface area contributed by atoms with Gasteiger partial charge in [-0.3, -0.25) is 0 Å². The summed E-state index contributed by atoms with van der Waals surface area (Å²) < 4.78 is 1.48. The lowest BCUT2D eigenvalue weighted by molar-refractivity contribution is 0.307. The van der Waals surface area contributed by atoms with E-state index >= 15 is 0 Å². The van der Waals surface area contributed by atoms with Crippen molar-refractivity contribution in [2.45, 2.75) is 39.2 Å². The third-order valence-electron chi connectivity index (χ3n) is 4.62. The fourth-order valence-corrected chi connectivity index (χ4v) is 4.60. The molecule has 19 heavy (non-hydrogen) atoms. The maximum Gasteiger partial charge on any atom is 0.0390 e. The topological polar surface area (TPSA) is 12.0 Å². The van der Waals surface area contributed by atoms with Crippen LogP contribution in [-0.4, -0.2) is 6.54 Å².